The zero-order valence-corrected chi connectivity index (χ0v) is 16.6. The molecule has 0 atom stereocenters. The molecule has 0 N–H and O–H groups in total. The zero-order chi connectivity index (χ0) is 9.14. The van der Waals surface area contributed by atoms with Crippen LogP contribution in [0.3, 0.4) is 0 Å². The first-order valence-electron chi connectivity index (χ1n) is 4.63. The molecular formula is C12H21Cl4W-. The summed E-state index contributed by atoms with van der Waals surface area (Å²) in [4.78, 5) is 0. The number of hydrogen-bond acceptors (Lipinski definition) is 0. The molecule has 5 heteroatoms. The fraction of sp³-hybridized carbons (Fsp3) is 0.500. The van der Waals surface area contributed by atoms with Gasteiger partial charge >= 0.3 is 0 Å². The molecule has 0 spiro atoms. The van der Waals surface area contributed by atoms with E-state index in [9.17, 15) is 0 Å². The summed E-state index contributed by atoms with van der Waals surface area (Å²) in [6, 6.07) is 9.87. The molecule has 0 aliphatic heterocycles. The van der Waals surface area contributed by atoms with Gasteiger partial charge in [-0.15, -0.1) is 49.6 Å². The van der Waals surface area contributed by atoms with Crippen LogP contribution in [-0.2, 0) is 21.1 Å². The van der Waals surface area contributed by atoms with Crippen molar-refractivity contribution < 1.29 is 21.1 Å². The van der Waals surface area contributed by atoms with E-state index in [1.807, 2.05) is 0 Å². The largest absolute Gasteiger partial charge is 0.176 e. The van der Waals surface area contributed by atoms with Crippen LogP contribution in [0.4, 0.5) is 0 Å². The summed E-state index contributed by atoms with van der Waals surface area (Å²) >= 11 is 0. The van der Waals surface area contributed by atoms with Gasteiger partial charge in [0.15, 0.2) is 0 Å². The Morgan fingerprint density at radius 2 is 1.06 bits per heavy atom. The molecule has 0 aliphatic rings. The SMILES string of the molecule is CC(C)c1[c-]c(C(C)C)ccc1.Cl.Cl.Cl.Cl.[W]. The van der Waals surface area contributed by atoms with Crippen LogP contribution in [-0.4, -0.2) is 0 Å². The molecule has 0 fully saturated rings. The molecule has 0 heterocycles. The van der Waals surface area contributed by atoms with Crippen molar-refractivity contribution in [3.05, 3.63) is 35.4 Å². The number of benzene rings is 1. The number of rotatable bonds is 2. The normalized spacial score (nSPS) is 7.88. The molecule has 1 aromatic carbocycles. The van der Waals surface area contributed by atoms with E-state index in [0.29, 0.717) is 11.8 Å². The quantitative estimate of drug-likeness (QED) is 0.486. The van der Waals surface area contributed by atoms with E-state index in [1.165, 1.54) is 11.1 Å². The van der Waals surface area contributed by atoms with Crippen molar-refractivity contribution in [3.63, 3.8) is 0 Å². The summed E-state index contributed by atoms with van der Waals surface area (Å²) < 4.78 is 0. The van der Waals surface area contributed by atoms with Gasteiger partial charge in [0.1, 0.15) is 0 Å². The third kappa shape index (κ3) is 10.7. The Bertz CT molecular complexity index is 241. The van der Waals surface area contributed by atoms with Crippen LogP contribution in [0.2, 0.25) is 0 Å². The molecule has 0 aromatic heterocycles. The predicted molar refractivity (Wildman–Crippen MR) is 82.4 cm³/mol. The molecule has 104 valence electrons. The van der Waals surface area contributed by atoms with Gasteiger partial charge in [0, 0.05) is 21.1 Å². The fourth-order valence-corrected chi connectivity index (χ4v) is 1.18. The minimum Gasteiger partial charge on any atom is -0.176 e. The Morgan fingerprint density at radius 3 is 1.29 bits per heavy atom. The van der Waals surface area contributed by atoms with Crippen molar-refractivity contribution in [1.29, 1.82) is 0 Å². The third-order valence-corrected chi connectivity index (χ3v) is 2.08. The first-order chi connectivity index (χ1) is 5.61. The van der Waals surface area contributed by atoms with E-state index >= 15 is 0 Å². The van der Waals surface area contributed by atoms with Gasteiger partial charge < -0.3 is 0 Å². The average molecular weight is 491 g/mol. The third-order valence-electron chi connectivity index (χ3n) is 2.08. The van der Waals surface area contributed by atoms with Crippen LogP contribution in [0.15, 0.2) is 18.2 Å². The Morgan fingerprint density at radius 1 is 0.765 bits per heavy atom. The van der Waals surface area contributed by atoms with E-state index in [0.717, 1.165) is 0 Å². The summed E-state index contributed by atoms with van der Waals surface area (Å²) in [5.41, 5.74) is 2.64. The van der Waals surface area contributed by atoms with Crippen molar-refractivity contribution >= 4 is 49.6 Å². The minimum absolute atomic E-state index is 0. The maximum Gasteiger partial charge on any atom is 0 e. The molecule has 1 rings (SSSR count). The number of halogens is 4. The molecule has 0 unspecified atom stereocenters. The smallest absolute Gasteiger partial charge is 0 e. The number of hydrogen-bond donors (Lipinski definition) is 0. The van der Waals surface area contributed by atoms with Crippen molar-refractivity contribution in [2.45, 2.75) is 39.5 Å². The molecule has 0 saturated heterocycles. The van der Waals surface area contributed by atoms with Crippen molar-refractivity contribution in [1.82, 2.24) is 0 Å². The van der Waals surface area contributed by atoms with Gasteiger partial charge in [-0.05, 0) is 11.8 Å². The molecule has 0 aliphatic carbocycles. The monoisotopic (exact) mass is 489 g/mol. The molecule has 17 heavy (non-hydrogen) atoms. The first-order valence-corrected chi connectivity index (χ1v) is 4.63. The second kappa shape index (κ2) is 15.1. The zero-order valence-electron chi connectivity index (χ0n) is 10.4. The summed E-state index contributed by atoms with van der Waals surface area (Å²) in [5, 5.41) is 0. The molecular weight excluding hydrogens is 470 g/mol. The van der Waals surface area contributed by atoms with Crippen molar-refractivity contribution in [2.24, 2.45) is 0 Å². The van der Waals surface area contributed by atoms with Crippen LogP contribution in [0.5, 0.6) is 0 Å². The molecule has 0 nitrogen and oxygen atoms in total. The van der Waals surface area contributed by atoms with Gasteiger partial charge in [0.05, 0.1) is 0 Å². The molecule has 0 saturated carbocycles. The molecule has 1 aromatic rings. The van der Waals surface area contributed by atoms with E-state index in [4.69, 9.17) is 0 Å². The second-order valence-electron chi connectivity index (χ2n) is 3.87. The van der Waals surface area contributed by atoms with Gasteiger partial charge in [-0.3, -0.25) is 0 Å². The summed E-state index contributed by atoms with van der Waals surface area (Å²) in [6.45, 7) is 8.82. The minimum atomic E-state index is 0. The van der Waals surface area contributed by atoms with E-state index in [1.54, 1.807) is 0 Å². The van der Waals surface area contributed by atoms with Crippen molar-refractivity contribution in [2.75, 3.05) is 0 Å². The standard InChI is InChI=1S/C12H17.4ClH.W/c1-9(2)11-6-5-7-12(8-11)10(3)4;;;;;/h5-7,9-10H,1-4H3;4*1H;/q-1;;;;;. The van der Waals surface area contributed by atoms with E-state index in [2.05, 4.69) is 52.0 Å². The Labute approximate surface area is 145 Å². The van der Waals surface area contributed by atoms with E-state index < -0.39 is 0 Å². The molecule has 0 bridgehead atoms. The van der Waals surface area contributed by atoms with Crippen LogP contribution in [0.25, 0.3) is 0 Å². The van der Waals surface area contributed by atoms with Crippen LogP contribution >= 0.6 is 49.6 Å². The maximum absolute atomic E-state index is 3.44. The van der Waals surface area contributed by atoms with Crippen LogP contribution < -0.4 is 0 Å². The van der Waals surface area contributed by atoms with Gasteiger partial charge in [-0.1, -0.05) is 27.7 Å². The topological polar surface area (TPSA) is 0 Å². The van der Waals surface area contributed by atoms with Gasteiger partial charge in [0.25, 0.3) is 0 Å². The van der Waals surface area contributed by atoms with Gasteiger partial charge in [-0.25, -0.2) is 0 Å². The van der Waals surface area contributed by atoms with Crippen LogP contribution in [0.1, 0.15) is 50.7 Å². The first kappa shape index (κ1) is 30.8. The van der Waals surface area contributed by atoms with Gasteiger partial charge in [0.2, 0.25) is 0 Å². The fourth-order valence-electron chi connectivity index (χ4n) is 1.18. The predicted octanol–water partition coefficient (Wildman–Crippen LogP) is 5.42. The summed E-state index contributed by atoms with van der Waals surface area (Å²) in [5.74, 6) is 1.17. The second-order valence-corrected chi connectivity index (χ2v) is 3.87. The average Bonchev–Trinajstić information content (AvgIpc) is 2.04. The maximum atomic E-state index is 3.44. The Balaban J connectivity index is -0.0000000960. The van der Waals surface area contributed by atoms with Crippen molar-refractivity contribution in [3.8, 4) is 0 Å². The summed E-state index contributed by atoms with van der Waals surface area (Å²) in [6.07, 6.45) is 0. The Kier molecular flexibility index (Phi) is 27.4. The van der Waals surface area contributed by atoms with E-state index in [-0.39, 0.29) is 70.7 Å². The molecule has 0 amide bonds. The Hall–Kier alpha value is 1.07. The summed E-state index contributed by atoms with van der Waals surface area (Å²) in [7, 11) is 0. The van der Waals surface area contributed by atoms with Crippen LogP contribution in [0, 0.1) is 6.07 Å². The molecule has 0 radical (unpaired) electrons. The van der Waals surface area contributed by atoms with Gasteiger partial charge in [-0.2, -0.15) is 35.4 Å².